The summed E-state index contributed by atoms with van der Waals surface area (Å²) in [4.78, 5) is 29.4. The Balaban J connectivity index is 1.66. The molecule has 3 rings (SSSR count). The number of aliphatic hydroxyl groups excluding tert-OH is 1. The highest BCUT2D eigenvalue weighted by Gasteiger charge is 2.64. The number of hydrogen-bond donors (Lipinski definition) is 1. The van der Waals surface area contributed by atoms with Gasteiger partial charge in [0.1, 0.15) is 0 Å². The lowest BCUT2D eigenvalue weighted by Gasteiger charge is -2.48. The van der Waals surface area contributed by atoms with E-state index < -0.39 is 11.5 Å². The lowest BCUT2D eigenvalue weighted by molar-refractivity contribution is -0.169. The lowest BCUT2D eigenvalue weighted by atomic mass is 9.62. The van der Waals surface area contributed by atoms with Crippen molar-refractivity contribution in [2.45, 2.75) is 65.4 Å². The van der Waals surface area contributed by atoms with Crippen molar-refractivity contribution in [3.05, 3.63) is 0 Å². The molecule has 0 radical (unpaired) electrons. The second-order valence-corrected chi connectivity index (χ2v) is 8.77. The molecule has 0 aromatic carbocycles. The fourth-order valence-corrected chi connectivity index (χ4v) is 4.96. The lowest BCUT2D eigenvalue weighted by Crippen LogP contribution is -2.60. The van der Waals surface area contributed by atoms with E-state index in [1.54, 1.807) is 0 Å². The second-order valence-electron chi connectivity index (χ2n) is 8.77. The number of amides is 2. The first kappa shape index (κ1) is 17.9. The fourth-order valence-electron chi connectivity index (χ4n) is 4.96. The quantitative estimate of drug-likeness (QED) is 0.798. The minimum absolute atomic E-state index is 0.0742. The van der Waals surface area contributed by atoms with E-state index in [2.05, 4.69) is 4.90 Å². The molecule has 136 valence electrons. The van der Waals surface area contributed by atoms with E-state index in [-0.39, 0.29) is 29.7 Å². The minimum atomic E-state index is -0.653. The van der Waals surface area contributed by atoms with Crippen molar-refractivity contribution in [2.24, 2.45) is 16.7 Å². The third-order valence-electron chi connectivity index (χ3n) is 7.07. The monoisotopic (exact) mass is 336 g/mol. The standard InChI is InChI=1S/C19H32N2O3/c1-18(2)15-8-9-19(18,3)17(24)21(16(15)23)13-14(22)12-20-10-6-4-5-7-11-20/h14-15,22H,4-13H2,1-3H3/t14-,15-,19+/m1/s1. The largest absolute Gasteiger partial charge is 0.390 e. The molecule has 3 atom stereocenters. The van der Waals surface area contributed by atoms with Gasteiger partial charge in [-0.2, -0.15) is 0 Å². The summed E-state index contributed by atoms with van der Waals surface area (Å²) >= 11 is 0. The van der Waals surface area contributed by atoms with Crippen molar-refractivity contribution in [3.63, 3.8) is 0 Å². The summed E-state index contributed by atoms with van der Waals surface area (Å²) in [6.45, 7) is 8.81. The van der Waals surface area contributed by atoms with Crippen LogP contribution < -0.4 is 0 Å². The molecule has 3 aliphatic rings. The summed E-state index contributed by atoms with van der Waals surface area (Å²) in [5.41, 5.74) is -0.763. The van der Waals surface area contributed by atoms with Crippen molar-refractivity contribution in [1.29, 1.82) is 0 Å². The Kier molecular flexibility index (Phi) is 4.77. The molecule has 1 saturated carbocycles. The van der Waals surface area contributed by atoms with Crippen LogP contribution in [0.2, 0.25) is 0 Å². The van der Waals surface area contributed by atoms with Gasteiger partial charge < -0.3 is 10.0 Å². The SMILES string of the molecule is CC1(C)[C@@H]2CC[C@@]1(C)C(=O)N(C[C@H](O)CN1CCCCCC1)C2=O. The molecule has 0 aromatic heterocycles. The number of piperidine rings is 1. The molecule has 2 amide bonds. The number of aliphatic hydroxyl groups is 1. The van der Waals surface area contributed by atoms with E-state index >= 15 is 0 Å². The molecule has 0 aromatic rings. The molecule has 2 saturated heterocycles. The zero-order chi connectivity index (χ0) is 17.5. The van der Waals surface area contributed by atoms with Crippen LogP contribution in [-0.4, -0.2) is 59.0 Å². The summed E-state index contributed by atoms with van der Waals surface area (Å²) in [5, 5.41) is 10.5. The molecule has 0 unspecified atom stereocenters. The van der Waals surface area contributed by atoms with Gasteiger partial charge in [-0.1, -0.05) is 33.6 Å². The number of carbonyl (C=O) groups excluding carboxylic acids is 2. The Morgan fingerprint density at radius 2 is 1.71 bits per heavy atom. The predicted octanol–water partition coefficient (Wildman–Crippen LogP) is 2.03. The van der Waals surface area contributed by atoms with Gasteiger partial charge in [-0.05, 0) is 44.2 Å². The van der Waals surface area contributed by atoms with Crippen LogP contribution in [0.4, 0.5) is 0 Å². The topological polar surface area (TPSA) is 60.9 Å². The summed E-state index contributed by atoms with van der Waals surface area (Å²) in [7, 11) is 0. The first-order chi connectivity index (χ1) is 11.3. The van der Waals surface area contributed by atoms with Crippen molar-refractivity contribution < 1.29 is 14.7 Å². The molecule has 24 heavy (non-hydrogen) atoms. The third-order valence-corrected chi connectivity index (χ3v) is 7.07. The number of fused-ring (bicyclic) bond motifs is 2. The molecule has 2 aliphatic heterocycles. The van der Waals surface area contributed by atoms with Crippen LogP contribution in [0.3, 0.4) is 0 Å². The Morgan fingerprint density at radius 3 is 2.33 bits per heavy atom. The van der Waals surface area contributed by atoms with E-state index in [1.165, 1.54) is 30.6 Å². The van der Waals surface area contributed by atoms with Crippen LogP contribution in [0.1, 0.15) is 59.3 Å². The molecular formula is C19H32N2O3. The van der Waals surface area contributed by atoms with Crippen LogP contribution in [-0.2, 0) is 9.59 Å². The summed E-state index contributed by atoms with van der Waals surface area (Å²) in [6, 6.07) is 0. The van der Waals surface area contributed by atoms with E-state index in [9.17, 15) is 14.7 Å². The number of β-amino-alcohol motifs (C(OH)–C–C–N with tert-alkyl or cyclic N) is 1. The Morgan fingerprint density at radius 1 is 1.08 bits per heavy atom. The summed E-state index contributed by atoms with van der Waals surface area (Å²) in [5.74, 6) is -0.248. The smallest absolute Gasteiger partial charge is 0.235 e. The number of nitrogens with zero attached hydrogens (tertiary/aromatic N) is 2. The molecule has 1 N–H and O–H groups in total. The van der Waals surface area contributed by atoms with E-state index in [1.807, 2.05) is 20.8 Å². The highest BCUT2D eigenvalue weighted by molar-refractivity contribution is 6.03. The van der Waals surface area contributed by atoms with Gasteiger partial charge in [-0.3, -0.25) is 14.5 Å². The van der Waals surface area contributed by atoms with Crippen molar-refractivity contribution in [1.82, 2.24) is 9.80 Å². The van der Waals surface area contributed by atoms with Gasteiger partial charge in [0.2, 0.25) is 11.8 Å². The Hall–Kier alpha value is -0.940. The van der Waals surface area contributed by atoms with Crippen LogP contribution >= 0.6 is 0 Å². The molecular weight excluding hydrogens is 304 g/mol. The maximum Gasteiger partial charge on any atom is 0.235 e. The van der Waals surface area contributed by atoms with Crippen LogP contribution in [0, 0.1) is 16.7 Å². The molecule has 2 bridgehead atoms. The Bertz CT molecular complexity index is 511. The maximum atomic E-state index is 13.0. The number of carbonyl (C=O) groups is 2. The predicted molar refractivity (Wildman–Crippen MR) is 92.2 cm³/mol. The molecule has 5 nitrogen and oxygen atoms in total. The second kappa shape index (κ2) is 6.41. The van der Waals surface area contributed by atoms with E-state index in [4.69, 9.17) is 0 Å². The molecule has 3 fully saturated rings. The summed E-state index contributed by atoms with van der Waals surface area (Å²) in [6.07, 6.45) is 5.75. The molecule has 5 heteroatoms. The summed E-state index contributed by atoms with van der Waals surface area (Å²) < 4.78 is 0. The van der Waals surface area contributed by atoms with Crippen molar-refractivity contribution in [3.8, 4) is 0 Å². The zero-order valence-electron chi connectivity index (χ0n) is 15.4. The normalized spacial score (nSPS) is 35.2. The van der Waals surface area contributed by atoms with Crippen LogP contribution in [0.25, 0.3) is 0 Å². The number of likely N-dealkylation sites (tertiary alicyclic amines) is 2. The first-order valence-corrected chi connectivity index (χ1v) is 9.53. The zero-order valence-corrected chi connectivity index (χ0v) is 15.4. The first-order valence-electron chi connectivity index (χ1n) is 9.53. The van der Waals surface area contributed by atoms with Gasteiger partial charge in [-0.25, -0.2) is 0 Å². The van der Waals surface area contributed by atoms with E-state index in [0.717, 1.165) is 25.9 Å². The van der Waals surface area contributed by atoms with E-state index in [0.29, 0.717) is 6.54 Å². The molecule has 1 aliphatic carbocycles. The van der Waals surface area contributed by atoms with Gasteiger partial charge in [0.15, 0.2) is 0 Å². The number of rotatable bonds is 4. The average molecular weight is 336 g/mol. The van der Waals surface area contributed by atoms with Crippen LogP contribution in [0.15, 0.2) is 0 Å². The average Bonchev–Trinajstić information content (AvgIpc) is 2.70. The van der Waals surface area contributed by atoms with Crippen molar-refractivity contribution in [2.75, 3.05) is 26.2 Å². The highest BCUT2D eigenvalue weighted by atomic mass is 16.3. The number of hydrogen-bond acceptors (Lipinski definition) is 4. The molecule has 2 heterocycles. The minimum Gasteiger partial charge on any atom is -0.390 e. The highest BCUT2D eigenvalue weighted by Crippen LogP contribution is 2.60. The Labute approximate surface area is 145 Å². The fraction of sp³-hybridized carbons (Fsp3) is 0.895. The third kappa shape index (κ3) is 2.80. The van der Waals surface area contributed by atoms with Gasteiger partial charge >= 0.3 is 0 Å². The molecule has 0 spiro atoms. The number of imide groups is 1. The van der Waals surface area contributed by atoms with Crippen LogP contribution in [0.5, 0.6) is 0 Å². The van der Waals surface area contributed by atoms with Gasteiger partial charge in [0.05, 0.1) is 18.1 Å². The van der Waals surface area contributed by atoms with Gasteiger partial charge in [0.25, 0.3) is 0 Å². The van der Waals surface area contributed by atoms with Gasteiger partial charge in [-0.15, -0.1) is 0 Å². The van der Waals surface area contributed by atoms with Crippen molar-refractivity contribution >= 4 is 11.8 Å². The van der Waals surface area contributed by atoms with Gasteiger partial charge in [0, 0.05) is 12.5 Å². The maximum absolute atomic E-state index is 13.0.